The molecule has 0 aliphatic heterocycles. The Labute approximate surface area is 120 Å². The second-order valence-electron chi connectivity index (χ2n) is 4.23. The highest BCUT2D eigenvalue weighted by Gasteiger charge is 2.15. The molecule has 0 saturated carbocycles. The molecule has 108 valence electrons. The smallest absolute Gasteiger partial charge is 0.198 e. The van der Waals surface area contributed by atoms with Crippen molar-refractivity contribution < 1.29 is 21.9 Å². The van der Waals surface area contributed by atoms with Gasteiger partial charge in [-0.3, -0.25) is 0 Å². The molecule has 0 fully saturated rings. The maximum absolute atomic E-state index is 13.7. The van der Waals surface area contributed by atoms with E-state index in [0.29, 0.717) is 0 Å². The Kier molecular flexibility index (Phi) is 3.91. The molecule has 7 heteroatoms. The first kappa shape index (κ1) is 14.9. The molecule has 0 aliphatic rings. The summed E-state index contributed by atoms with van der Waals surface area (Å²) in [6, 6.07) is 8.54. The van der Waals surface area contributed by atoms with E-state index in [1.807, 2.05) is 0 Å². The standard InChI is InChI=1S/C14H9F2NO3S/c1-21(18,19)11-4-2-3-10(7-11)20-14-12(15)5-9(8-17)6-13(14)16/h2-7H,1H3. The fourth-order valence-corrected chi connectivity index (χ4v) is 2.26. The van der Waals surface area contributed by atoms with Gasteiger partial charge in [-0.25, -0.2) is 17.2 Å². The van der Waals surface area contributed by atoms with Crippen molar-refractivity contribution >= 4 is 9.84 Å². The van der Waals surface area contributed by atoms with Crippen molar-refractivity contribution in [3.63, 3.8) is 0 Å². The Morgan fingerprint density at radius 1 is 1.14 bits per heavy atom. The lowest BCUT2D eigenvalue weighted by atomic mass is 10.2. The van der Waals surface area contributed by atoms with Crippen molar-refractivity contribution in [2.24, 2.45) is 0 Å². The summed E-state index contributed by atoms with van der Waals surface area (Å²) < 4.78 is 55.2. The minimum absolute atomic E-state index is 0.0274. The van der Waals surface area contributed by atoms with Crippen molar-refractivity contribution in [3.05, 3.63) is 53.6 Å². The van der Waals surface area contributed by atoms with E-state index in [9.17, 15) is 17.2 Å². The number of benzene rings is 2. The Bertz CT molecular complexity index is 819. The highest BCUT2D eigenvalue weighted by molar-refractivity contribution is 7.90. The number of halogens is 2. The van der Waals surface area contributed by atoms with Gasteiger partial charge in [0.05, 0.1) is 16.5 Å². The van der Waals surface area contributed by atoms with Gasteiger partial charge in [0, 0.05) is 6.26 Å². The van der Waals surface area contributed by atoms with Crippen LogP contribution in [-0.4, -0.2) is 14.7 Å². The van der Waals surface area contributed by atoms with E-state index < -0.39 is 27.2 Å². The second-order valence-corrected chi connectivity index (χ2v) is 6.25. The molecular formula is C14H9F2NO3S. The summed E-state index contributed by atoms with van der Waals surface area (Å²) in [7, 11) is -3.46. The Hall–Kier alpha value is -2.46. The first-order chi connectivity index (χ1) is 9.81. The van der Waals surface area contributed by atoms with E-state index in [-0.39, 0.29) is 16.2 Å². The van der Waals surface area contributed by atoms with E-state index in [1.165, 1.54) is 18.2 Å². The summed E-state index contributed by atoms with van der Waals surface area (Å²) in [5, 5.41) is 8.60. The van der Waals surface area contributed by atoms with Crippen LogP contribution in [0.25, 0.3) is 0 Å². The summed E-state index contributed by atoms with van der Waals surface area (Å²) >= 11 is 0. The number of hydrogen-bond acceptors (Lipinski definition) is 4. The predicted molar refractivity (Wildman–Crippen MR) is 70.7 cm³/mol. The average molecular weight is 309 g/mol. The summed E-state index contributed by atoms with van der Waals surface area (Å²) in [5.74, 6) is -2.81. The number of rotatable bonds is 3. The summed E-state index contributed by atoms with van der Waals surface area (Å²) in [5.41, 5.74) is -0.178. The Morgan fingerprint density at radius 3 is 2.29 bits per heavy atom. The molecule has 2 rings (SSSR count). The van der Waals surface area contributed by atoms with Crippen LogP contribution >= 0.6 is 0 Å². The van der Waals surface area contributed by atoms with Crippen LogP contribution in [0.1, 0.15) is 5.56 Å². The van der Waals surface area contributed by atoms with E-state index in [4.69, 9.17) is 10.00 Å². The quantitative estimate of drug-likeness (QED) is 0.874. The van der Waals surface area contributed by atoms with Gasteiger partial charge >= 0.3 is 0 Å². The van der Waals surface area contributed by atoms with Crippen LogP contribution in [0.4, 0.5) is 8.78 Å². The third-order valence-electron chi connectivity index (χ3n) is 2.58. The van der Waals surface area contributed by atoms with Crippen molar-refractivity contribution in [2.75, 3.05) is 6.26 Å². The zero-order chi connectivity index (χ0) is 15.6. The Morgan fingerprint density at radius 2 is 1.76 bits per heavy atom. The maximum Gasteiger partial charge on any atom is 0.198 e. The molecule has 0 bridgehead atoms. The van der Waals surface area contributed by atoms with Crippen LogP contribution in [0.3, 0.4) is 0 Å². The number of nitriles is 1. The molecule has 2 aromatic carbocycles. The van der Waals surface area contributed by atoms with Gasteiger partial charge in [-0.1, -0.05) is 6.07 Å². The lowest BCUT2D eigenvalue weighted by molar-refractivity contribution is 0.406. The third-order valence-corrected chi connectivity index (χ3v) is 3.69. The van der Waals surface area contributed by atoms with E-state index in [2.05, 4.69) is 0 Å². The van der Waals surface area contributed by atoms with Crippen molar-refractivity contribution in [1.29, 1.82) is 5.26 Å². The molecule has 0 heterocycles. The minimum Gasteiger partial charge on any atom is -0.451 e. The summed E-state index contributed by atoms with van der Waals surface area (Å²) in [4.78, 5) is -0.0329. The summed E-state index contributed by atoms with van der Waals surface area (Å²) in [6.07, 6.45) is 1.01. The molecule has 0 saturated heterocycles. The molecule has 2 aromatic rings. The van der Waals surface area contributed by atoms with Gasteiger partial charge in [-0.2, -0.15) is 5.26 Å². The molecular weight excluding hydrogens is 300 g/mol. The van der Waals surface area contributed by atoms with Gasteiger partial charge < -0.3 is 4.74 Å². The molecule has 0 atom stereocenters. The topological polar surface area (TPSA) is 67.2 Å². The molecule has 0 N–H and O–H groups in total. The molecule has 0 radical (unpaired) electrons. The number of nitrogens with zero attached hydrogens (tertiary/aromatic N) is 1. The minimum atomic E-state index is -3.46. The van der Waals surface area contributed by atoms with Crippen LogP contribution in [0.2, 0.25) is 0 Å². The SMILES string of the molecule is CS(=O)(=O)c1cccc(Oc2c(F)cc(C#N)cc2F)c1. The largest absolute Gasteiger partial charge is 0.451 e. The highest BCUT2D eigenvalue weighted by Crippen LogP contribution is 2.29. The van der Waals surface area contributed by atoms with E-state index >= 15 is 0 Å². The zero-order valence-electron chi connectivity index (χ0n) is 10.8. The monoisotopic (exact) mass is 309 g/mol. The molecule has 21 heavy (non-hydrogen) atoms. The van der Waals surface area contributed by atoms with Crippen molar-refractivity contribution in [2.45, 2.75) is 4.90 Å². The predicted octanol–water partition coefficient (Wildman–Crippen LogP) is 3.03. The van der Waals surface area contributed by atoms with E-state index in [0.717, 1.165) is 24.5 Å². The molecule has 0 aromatic heterocycles. The average Bonchev–Trinajstić information content (AvgIpc) is 2.42. The van der Waals surface area contributed by atoms with Gasteiger partial charge in [0.2, 0.25) is 0 Å². The molecule has 0 unspecified atom stereocenters. The summed E-state index contributed by atoms with van der Waals surface area (Å²) in [6.45, 7) is 0. The second kappa shape index (κ2) is 5.50. The van der Waals surface area contributed by atoms with Gasteiger partial charge in [0.15, 0.2) is 27.2 Å². The van der Waals surface area contributed by atoms with Gasteiger partial charge in [0.1, 0.15) is 5.75 Å². The third kappa shape index (κ3) is 3.35. The van der Waals surface area contributed by atoms with Gasteiger partial charge in [-0.05, 0) is 30.3 Å². The van der Waals surface area contributed by atoms with Crippen LogP contribution in [0.15, 0.2) is 41.3 Å². The molecule has 4 nitrogen and oxygen atoms in total. The number of sulfone groups is 1. The number of hydrogen-bond donors (Lipinski definition) is 0. The van der Waals surface area contributed by atoms with Crippen LogP contribution in [0.5, 0.6) is 11.5 Å². The van der Waals surface area contributed by atoms with Gasteiger partial charge in [-0.15, -0.1) is 0 Å². The maximum atomic E-state index is 13.7. The van der Waals surface area contributed by atoms with Crippen LogP contribution in [-0.2, 0) is 9.84 Å². The fourth-order valence-electron chi connectivity index (χ4n) is 1.61. The van der Waals surface area contributed by atoms with Gasteiger partial charge in [0.25, 0.3) is 0 Å². The highest BCUT2D eigenvalue weighted by atomic mass is 32.2. The lowest BCUT2D eigenvalue weighted by Crippen LogP contribution is -1.98. The van der Waals surface area contributed by atoms with Crippen molar-refractivity contribution in [3.8, 4) is 17.6 Å². The number of ether oxygens (including phenoxy) is 1. The first-order valence-electron chi connectivity index (χ1n) is 5.68. The first-order valence-corrected chi connectivity index (χ1v) is 7.57. The van der Waals surface area contributed by atoms with Crippen LogP contribution < -0.4 is 4.74 Å². The van der Waals surface area contributed by atoms with Crippen molar-refractivity contribution in [1.82, 2.24) is 0 Å². The fraction of sp³-hybridized carbons (Fsp3) is 0.0714. The molecule has 0 aliphatic carbocycles. The normalized spacial score (nSPS) is 11.0. The molecule has 0 spiro atoms. The lowest BCUT2D eigenvalue weighted by Gasteiger charge is -2.09. The van der Waals surface area contributed by atoms with E-state index in [1.54, 1.807) is 6.07 Å². The van der Waals surface area contributed by atoms with Crippen LogP contribution in [0, 0.1) is 23.0 Å². The zero-order valence-corrected chi connectivity index (χ0v) is 11.6. The molecule has 0 amide bonds. The Balaban J connectivity index is 2.42.